The zero-order chi connectivity index (χ0) is 12.3. The van der Waals surface area contributed by atoms with Crippen LogP contribution < -0.4 is 5.14 Å². The van der Waals surface area contributed by atoms with Crippen molar-refractivity contribution in [3.63, 3.8) is 0 Å². The Labute approximate surface area is 107 Å². The van der Waals surface area contributed by atoms with Crippen molar-refractivity contribution in [1.82, 2.24) is 0 Å². The van der Waals surface area contributed by atoms with Crippen molar-refractivity contribution in [2.75, 3.05) is 6.61 Å². The van der Waals surface area contributed by atoms with Crippen LogP contribution in [0.2, 0.25) is 0 Å². The second-order valence-corrected chi connectivity index (χ2v) is 5.68. The molecule has 0 atom stereocenters. The van der Waals surface area contributed by atoms with E-state index in [0.717, 1.165) is 3.57 Å². The van der Waals surface area contributed by atoms with Gasteiger partial charge >= 0.3 is 5.97 Å². The predicted octanol–water partition coefficient (Wildman–Crippen LogP) is 1.12. The maximum atomic E-state index is 11.5. The van der Waals surface area contributed by atoms with Crippen molar-refractivity contribution in [2.45, 2.75) is 11.8 Å². The summed E-state index contributed by atoms with van der Waals surface area (Å²) in [5.41, 5.74) is -0.0312. The maximum Gasteiger partial charge on any atom is 0.339 e. The fourth-order valence-corrected chi connectivity index (χ4v) is 2.32. The first-order valence-corrected chi connectivity index (χ1v) is 6.98. The van der Waals surface area contributed by atoms with Gasteiger partial charge in [0.2, 0.25) is 10.0 Å². The molecule has 7 heteroatoms. The van der Waals surface area contributed by atoms with E-state index in [0.29, 0.717) is 0 Å². The van der Waals surface area contributed by atoms with E-state index in [-0.39, 0.29) is 17.1 Å². The van der Waals surface area contributed by atoms with Crippen LogP contribution in [0.15, 0.2) is 23.1 Å². The normalized spacial score (nSPS) is 11.2. The van der Waals surface area contributed by atoms with Crippen LogP contribution in [-0.4, -0.2) is 21.0 Å². The van der Waals surface area contributed by atoms with Crippen molar-refractivity contribution in [2.24, 2.45) is 5.14 Å². The van der Waals surface area contributed by atoms with Crippen LogP contribution >= 0.6 is 22.6 Å². The van der Waals surface area contributed by atoms with Gasteiger partial charge in [0, 0.05) is 3.57 Å². The SMILES string of the molecule is CCOC(=O)c1cc(I)ccc1S(N)(=O)=O. The van der Waals surface area contributed by atoms with Gasteiger partial charge in [0.15, 0.2) is 0 Å². The molecule has 2 N–H and O–H groups in total. The van der Waals surface area contributed by atoms with Crippen LogP contribution in [0.3, 0.4) is 0 Å². The average Bonchev–Trinajstić information content (AvgIpc) is 2.16. The fraction of sp³-hybridized carbons (Fsp3) is 0.222. The first-order chi connectivity index (χ1) is 7.36. The number of rotatable bonds is 3. The molecule has 0 unspecified atom stereocenters. The second kappa shape index (κ2) is 5.11. The lowest BCUT2D eigenvalue weighted by atomic mass is 10.2. The smallest absolute Gasteiger partial charge is 0.339 e. The Morgan fingerprint density at radius 2 is 2.12 bits per heavy atom. The standard InChI is InChI=1S/C9H10INO4S/c1-2-15-9(12)7-5-6(10)3-4-8(7)16(11,13)14/h3-5H,2H2,1H3,(H2,11,13,14). The Morgan fingerprint density at radius 3 is 2.62 bits per heavy atom. The molecule has 1 rings (SSSR count). The summed E-state index contributed by atoms with van der Waals surface area (Å²) in [4.78, 5) is 11.3. The van der Waals surface area contributed by atoms with Crippen molar-refractivity contribution in [3.8, 4) is 0 Å². The molecule has 0 aliphatic rings. The summed E-state index contributed by atoms with van der Waals surface area (Å²) in [5, 5.41) is 5.00. The highest BCUT2D eigenvalue weighted by molar-refractivity contribution is 14.1. The van der Waals surface area contributed by atoms with Gasteiger partial charge in [-0.3, -0.25) is 0 Å². The van der Waals surface area contributed by atoms with Gasteiger partial charge in [-0.2, -0.15) is 0 Å². The number of sulfonamides is 1. The summed E-state index contributed by atoms with van der Waals surface area (Å²) >= 11 is 1.97. The highest BCUT2D eigenvalue weighted by Crippen LogP contribution is 2.18. The van der Waals surface area contributed by atoms with Gasteiger partial charge < -0.3 is 4.74 Å². The topological polar surface area (TPSA) is 86.5 Å². The van der Waals surface area contributed by atoms with E-state index in [1.165, 1.54) is 12.1 Å². The summed E-state index contributed by atoms with van der Waals surface area (Å²) in [6.45, 7) is 1.82. The molecule has 0 aliphatic heterocycles. The van der Waals surface area contributed by atoms with Crippen LogP contribution in [0.25, 0.3) is 0 Å². The Bertz CT molecular complexity index is 512. The fourth-order valence-electron chi connectivity index (χ4n) is 1.12. The van der Waals surface area contributed by atoms with Crippen molar-refractivity contribution < 1.29 is 17.9 Å². The Balaban J connectivity index is 3.35. The summed E-state index contributed by atoms with van der Waals surface area (Å²) in [7, 11) is -3.92. The third-order valence-corrected chi connectivity index (χ3v) is 3.38. The molecule has 0 fully saturated rings. The molecular formula is C9H10INO4S. The van der Waals surface area contributed by atoms with E-state index in [1.807, 2.05) is 22.6 Å². The lowest BCUT2D eigenvalue weighted by molar-refractivity contribution is 0.0521. The van der Waals surface area contributed by atoms with Gasteiger partial charge in [-0.15, -0.1) is 0 Å². The minimum absolute atomic E-state index is 0.0312. The number of hydrogen-bond acceptors (Lipinski definition) is 4. The molecule has 0 bridgehead atoms. The minimum Gasteiger partial charge on any atom is -0.462 e. The first-order valence-electron chi connectivity index (χ1n) is 4.35. The lowest BCUT2D eigenvalue weighted by Gasteiger charge is -2.07. The van der Waals surface area contributed by atoms with Crippen molar-refractivity contribution in [1.29, 1.82) is 0 Å². The molecule has 0 heterocycles. The maximum absolute atomic E-state index is 11.5. The number of ether oxygens (including phenoxy) is 1. The van der Waals surface area contributed by atoms with Crippen LogP contribution in [-0.2, 0) is 14.8 Å². The lowest BCUT2D eigenvalue weighted by Crippen LogP contribution is -2.18. The number of hydrogen-bond donors (Lipinski definition) is 1. The van der Waals surface area contributed by atoms with E-state index >= 15 is 0 Å². The third kappa shape index (κ3) is 3.16. The summed E-state index contributed by atoms with van der Waals surface area (Å²) in [6.07, 6.45) is 0. The molecular weight excluding hydrogens is 345 g/mol. The summed E-state index contributed by atoms with van der Waals surface area (Å²) in [5.74, 6) is -0.690. The molecule has 0 spiro atoms. The van der Waals surface area contributed by atoms with Crippen LogP contribution in [0.4, 0.5) is 0 Å². The molecule has 16 heavy (non-hydrogen) atoms. The summed E-state index contributed by atoms with van der Waals surface area (Å²) < 4.78 is 28.0. The highest BCUT2D eigenvalue weighted by atomic mass is 127. The Kier molecular flexibility index (Phi) is 4.28. The Morgan fingerprint density at radius 1 is 1.50 bits per heavy atom. The molecule has 0 aromatic heterocycles. The van der Waals surface area contributed by atoms with E-state index in [2.05, 4.69) is 0 Å². The number of carbonyl (C=O) groups is 1. The largest absolute Gasteiger partial charge is 0.462 e. The molecule has 0 radical (unpaired) electrons. The van der Waals surface area contributed by atoms with Crippen molar-refractivity contribution in [3.05, 3.63) is 27.3 Å². The number of nitrogens with two attached hydrogens (primary N) is 1. The highest BCUT2D eigenvalue weighted by Gasteiger charge is 2.20. The van der Waals surface area contributed by atoms with Crippen molar-refractivity contribution >= 4 is 38.6 Å². The van der Waals surface area contributed by atoms with Crippen LogP contribution in [0, 0.1) is 3.57 Å². The zero-order valence-electron chi connectivity index (χ0n) is 8.44. The quantitative estimate of drug-likeness (QED) is 0.650. The number of esters is 1. The molecule has 5 nitrogen and oxygen atoms in total. The van der Waals surface area contributed by atoms with Gasteiger partial charge in [-0.05, 0) is 47.7 Å². The molecule has 88 valence electrons. The Hall–Kier alpha value is -0.670. The van der Waals surface area contributed by atoms with E-state index < -0.39 is 16.0 Å². The van der Waals surface area contributed by atoms with E-state index in [4.69, 9.17) is 9.88 Å². The third-order valence-electron chi connectivity index (χ3n) is 1.74. The number of benzene rings is 1. The monoisotopic (exact) mass is 355 g/mol. The van der Waals surface area contributed by atoms with Gasteiger partial charge in [0.1, 0.15) is 0 Å². The zero-order valence-corrected chi connectivity index (χ0v) is 11.4. The van der Waals surface area contributed by atoms with Gasteiger partial charge in [-0.1, -0.05) is 0 Å². The van der Waals surface area contributed by atoms with E-state index in [9.17, 15) is 13.2 Å². The van der Waals surface area contributed by atoms with Gasteiger partial charge in [0.05, 0.1) is 17.1 Å². The summed E-state index contributed by atoms with van der Waals surface area (Å²) in [6, 6.07) is 4.28. The predicted molar refractivity (Wildman–Crippen MR) is 66.5 cm³/mol. The number of carbonyl (C=O) groups excluding carboxylic acids is 1. The van der Waals surface area contributed by atoms with Crippen LogP contribution in [0.1, 0.15) is 17.3 Å². The average molecular weight is 355 g/mol. The van der Waals surface area contributed by atoms with Crippen LogP contribution in [0.5, 0.6) is 0 Å². The van der Waals surface area contributed by atoms with Gasteiger partial charge in [-0.25, -0.2) is 18.4 Å². The molecule has 1 aromatic carbocycles. The number of primary sulfonamides is 1. The molecule has 0 saturated heterocycles. The first kappa shape index (κ1) is 13.4. The molecule has 1 aromatic rings. The molecule has 0 saturated carbocycles. The van der Waals surface area contributed by atoms with Gasteiger partial charge in [0.25, 0.3) is 0 Å². The number of halogens is 1. The molecule has 0 amide bonds. The molecule has 0 aliphatic carbocycles. The van der Waals surface area contributed by atoms with E-state index in [1.54, 1.807) is 13.0 Å². The second-order valence-electron chi connectivity index (χ2n) is 2.91. The minimum atomic E-state index is -3.92.